The number of rotatable bonds is 3. The number of benzene rings is 1. The van der Waals surface area contributed by atoms with Gasteiger partial charge in [-0.3, -0.25) is 0 Å². The van der Waals surface area contributed by atoms with Crippen LogP contribution in [0.15, 0.2) is 24.3 Å². The van der Waals surface area contributed by atoms with Crippen LogP contribution in [0.25, 0.3) is 0 Å². The van der Waals surface area contributed by atoms with Crippen molar-refractivity contribution in [3.05, 3.63) is 24.3 Å². The Hall–Kier alpha value is -1.18. The van der Waals surface area contributed by atoms with Gasteiger partial charge in [0.05, 0.1) is 0 Å². The van der Waals surface area contributed by atoms with Crippen LogP contribution in [0.1, 0.15) is 46.5 Å². The van der Waals surface area contributed by atoms with Crippen LogP contribution in [0.2, 0.25) is 0 Å². The van der Waals surface area contributed by atoms with Crippen LogP contribution in [0.3, 0.4) is 0 Å². The summed E-state index contributed by atoms with van der Waals surface area (Å²) >= 11 is 0. The maximum atomic E-state index is 6.18. The van der Waals surface area contributed by atoms with E-state index in [0.717, 1.165) is 17.4 Å². The van der Waals surface area contributed by atoms with E-state index in [4.69, 9.17) is 10.5 Å². The molecular weight excluding hydrogens is 222 g/mol. The fourth-order valence-corrected chi connectivity index (χ4v) is 2.88. The maximum absolute atomic E-state index is 6.18. The van der Waals surface area contributed by atoms with Crippen molar-refractivity contribution in [3.63, 3.8) is 0 Å². The molecule has 0 amide bonds. The minimum absolute atomic E-state index is 0.0870. The maximum Gasteiger partial charge on any atom is 0.120 e. The molecule has 0 unspecified atom stereocenters. The van der Waals surface area contributed by atoms with Crippen LogP contribution in [-0.4, -0.2) is 5.60 Å². The molecule has 1 aliphatic rings. The standard InChI is InChI=1S/C16H25NO/c1-12-4-6-13(7-5-12)16(2,3)18-15-10-8-14(17)9-11-15/h8-13H,4-7,17H2,1-3H3. The molecule has 2 nitrogen and oxygen atoms in total. The average molecular weight is 247 g/mol. The summed E-state index contributed by atoms with van der Waals surface area (Å²) in [7, 11) is 0. The summed E-state index contributed by atoms with van der Waals surface area (Å²) in [6.45, 7) is 6.78. The molecule has 1 fully saturated rings. The molecule has 0 spiro atoms. The van der Waals surface area contributed by atoms with E-state index in [9.17, 15) is 0 Å². The van der Waals surface area contributed by atoms with E-state index < -0.39 is 0 Å². The van der Waals surface area contributed by atoms with Crippen LogP contribution in [0.4, 0.5) is 5.69 Å². The summed E-state index contributed by atoms with van der Waals surface area (Å²) in [5, 5.41) is 0. The van der Waals surface area contributed by atoms with Gasteiger partial charge in [-0.25, -0.2) is 0 Å². The molecule has 0 aromatic heterocycles. The summed E-state index contributed by atoms with van der Waals surface area (Å²) < 4.78 is 6.18. The van der Waals surface area contributed by atoms with Crippen molar-refractivity contribution in [2.24, 2.45) is 11.8 Å². The minimum atomic E-state index is -0.0870. The first-order valence-electron chi connectivity index (χ1n) is 7.02. The first kappa shape index (κ1) is 13.3. The predicted molar refractivity (Wildman–Crippen MR) is 76.7 cm³/mol. The number of nitrogen functional groups attached to an aromatic ring is 1. The second kappa shape index (κ2) is 5.21. The Labute approximate surface area is 111 Å². The van der Waals surface area contributed by atoms with Gasteiger partial charge in [0.25, 0.3) is 0 Å². The Bertz CT molecular complexity index is 375. The molecule has 2 rings (SSSR count). The number of hydrogen-bond donors (Lipinski definition) is 1. The van der Waals surface area contributed by atoms with Crippen LogP contribution >= 0.6 is 0 Å². The normalized spacial score (nSPS) is 24.8. The molecule has 1 aromatic carbocycles. The van der Waals surface area contributed by atoms with Crippen LogP contribution in [0.5, 0.6) is 5.75 Å². The zero-order chi connectivity index (χ0) is 13.2. The highest BCUT2D eigenvalue weighted by Crippen LogP contribution is 2.37. The lowest BCUT2D eigenvalue weighted by atomic mass is 9.75. The third-order valence-corrected chi connectivity index (χ3v) is 4.26. The van der Waals surface area contributed by atoms with E-state index >= 15 is 0 Å². The van der Waals surface area contributed by atoms with Gasteiger partial charge in [0.1, 0.15) is 11.4 Å². The van der Waals surface area contributed by atoms with Crippen molar-refractivity contribution in [1.29, 1.82) is 0 Å². The number of anilines is 1. The number of hydrogen-bond acceptors (Lipinski definition) is 2. The Balaban J connectivity index is 2.00. The summed E-state index contributed by atoms with van der Waals surface area (Å²) in [6, 6.07) is 7.72. The Morgan fingerprint density at radius 3 is 2.17 bits per heavy atom. The third kappa shape index (κ3) is 3.18. The third-order valence-electron chi connectivity index (χ3n) is 4.26. The van der Waals surface area contributed by atoms with Gasteiger partial charge >= 0.3 is 0 Å². The highest BCUT2D eigenvalue weighted by Gasteiger charge is 2.33. The largest absolute Gasteiger partial charge is 0.488 e. The van der Waals surface area contributed by atoms with Gasteiger partial charge in [0, 0.05) is 5.69 Å². The van der Waals surface area contributed by atoms with Gasteiger partial charge in [-0.15, -0.1) is 0 Å². The monoisotopic (exact) mass is 247 g/mol. The fourth-order valence-electron chi connectivity index (χ4n) is 2.88. The van der Waals surface area contributed by atoms with Crippen molar-refractivity contribution in [1.82, 2.24) is 0 Å². The quantitative estimate of drug-likeness (QED) is 0.810. The molecule has 1 aliphatic carbocycles. The van der Waals surface area contributed by atoms with E-state index in [1.165, 1.54) is 25.7 Å². The molecule has 0 heterocycles. The van der Waals surface area contributed by atoms with E-state index in [0.29, 0.717) is 5.92 Å². The Kier molecular flexibility index (Phi) is 3.84. The zero-order valence-electron chi connectivity index (χ0n) is 11.8. The van der Waals surface area contributed by atoms with Crippen molar-refractivity contribution in [2.75, 3.05) is 5.73 Å². The highest BCUT2D eigenvalue weighted by atomic mass is 16.5. The van der Waals surface area contributed by atoms with E-state index in [-0.39, 0.29) is 5.60 Å². The Morgan fingerprint density at radius 2 is 1.61 bits per heavy atom. The molecule has 0 bridgehead atoms. The highest BCUT2D eigenvalue weighted by molar-refractivity contribution is 5.41. The molecule has 0 radical (unpaired) electrons. The Morgan fingerprint density at radius 1 is 1.06 bits per heavy atom. The molecule has 0 aliphatic heterocycles. The molecule has 1 aromatic rings. The molecule has 2 N–H and O–H groups in total. The summed E-state index contributed by atoms with van der Waals surface area (Å²) in [5.41, 5.74) is 6.39. The zero-order valence-corrected chi connectivity index (χ0v) is 11.8. The lowest BCUT2D eigenvalue weighted by molar-refractivity contribution is 0.0188. The summed E-state index contributed by atoms with van der Waals surface area (Å²) in [4.78, 5) is 0. The van der Waals surface area contributed by atoms with Gasteiger partial charge in [0.15, 0.2) is 0 Å². The van der Waals surface area contributed by atoms with Crippen molar-refractivity contribution in [3.8, 4) is 5.75 Å². The van der Waals surface area contributed by atoms with Gasteiger partial charge < -0.3 is 10.5 Å². The van der Waals surface area contributed by atoms with Crippen LogP contribution in [0, 0.1) is 11.8 Å². The molecule has 18 heavy (non-hydrogen) atoms. The van der Waals surface area contributed by atoms with Crippen molar-refractivity contribution >= 4 is 5.69 Å². The predicted octanol–water partition coefficient (Wildman–Crippen LogP) is 4.25. The van der Waals surface area contributed by atoms with E-state index in [1.54, 1.807) is 0 Å². The smallest absolute Gasteiger partial charge is 0.120 e. The van der Waals surface area contributed by atoms with Crippen LogP contribution < -0.4 is 10.5 Å². The van der Waals surface area contributed by atoms with Crippen molar-refractivity contribution < 1.29 is 4.74 Å². The molecular formula is C16H25NO. The number of ether oxygens (including phenoxy) is 1. The topological polar surface area (TPSA) is 35.2 Å². The lowest BCUT2D eigenvalue weighted by Gasteiger charge is -2.38. The second-order valence-electron chi connectivity index (χ2n) is 6.23. The van der Waals surface area contributed by atoms with E-state index in [2.05, 4.69) is 20.8 Å². The van der Waals surface area contributed by atoms with Gasteiger partial charge in [-0.05, 0) is 62.8 Å². The minimum Gasteiger partial charge on any atom is -0.488 e. The SMILES string of the molecule is CC1CCC(C(C)(C)Oc2ccc(N)cc2)CC1. The van der Waals surface area contributed by atoms with E-state index in [1.807, 2.05) is 24.3 Å². The molecule has 100 valence electrons. The second-order valence-corrected chi connectivity index (χ2v) is 6.23. The van der Waals surface area contributed by atoms with Gasteiger partial charge in [0.2, 0.25) is 0 Å². The van der Waals surface area contributed by atoms with Crippen molar-refractivity contribution in [2.45, 2.75) is 52.1 Å². The summed E-state index contributed by atoms with van der Waals surface area (Å²) in [6.07, 6.45) is 5.23. The fraction of sp³-hybridized carbons (Fsp3) is 0.625. The lowest BCUT2D eigenvalue weighted by Crippen LogP contribution is -2.39. The first-order chi connectivity index (χ1) is 8.47. The van der Waals surface area contributed by atoms with Gasteiger partial charge in [-0.2, -0.15) is 0 Å². The molecule has 0 atom stereocenters. The molecule has 2 heteroatoms. The van der Waals surface area contributed by atoms with Crippen LogP contribution in [-0.2, 0) is 0 Å². The number of nitrogens with two attached hydrogens (primary N) is 1. The average Bonchev–Trinajstić information content (AvgIpc) is 2.32. The van der Waals surface area contributed by atoms with Gasteiger partial charge in [-0.1, -0.05) is 19.8 Å². The summed E-state index contributed by atoms with van der Waals surface area (Å²) in [5.74, 6) is 2.47. The first-order valence-corrected chi connectivity index (χ1v) is 7.02. The molecule has 1 saturated carbocycles. The molecule has 0 saturated heterocycles.